The SMILES string of the molecule is COCCN(c1nc(Br)cn2ccnc12)C(C)C. The lowest BCUT2D eigenvalue weighted by atomic mass is 10.3. The van der Waals surface area contributed by atoms with Crippen LogP contribution in [0.4, 0.5) is 5.82 Å². The highest BCUT2D eigenvalue weighted by atomic mass is 79.9. The van der Waals surface area contributed by atoms with Crippen LogP contribution in [0.2, 0.25) is 0 Å². The van der Waals surface area contributed by atoms with Crippen LogP contribution in [0.3, 0.4) is 0 Å². The van der Waals surface area contributed by atoms with Crippen molar-refractivity contribution in [2.75, 3.05) is 25.2 Å². The van der Waals surface area contributed by atoms with Gasteiger partial charge in [0, 0.05) is 38.3 Å². The van der Waals surface area contributed by atoms with Crippen LogP contribution in [-0.4, -0.2) is 40.7 Å². The van der Waals surface area contributed by atoms with Crippen molar-refractivity contribution < 1.29 is 4.74 Å². The Labute approximate surface area is 115 Å². The van der Waals surface area contributed by atoms with Gasteiger partial charge in [-0.2, -0.15) is 0 Å². The van der Waals surface area contributed by atoms with E-state index in [4.69, 9.17) is 4.74 Å². The number of imidazole rings is 1. The first kappa shape index (κ1) is 13.3. The topological polar surface area (TPSA) is 42.7 Å². The van der Waals surface area contributed by atoms with Gasteiger partial charge in [0.2, 0.25) is 0 Å². The smallest absolute Gasteiger partial charge is 0.180 e. The van der Waals surface area contributed by atoms with Crippen LogP contribution in [0.5, 0.6) is 0 Å². The average molecular weight is 313 g/mol. The Balaban J connectivity index is 2.45. The molecule has 0 saturated heterocycles. The molecule has 0 unspecified atom stereocenters. The summed E-state index contributed by atoms with van der Waals surface area (Å²) in [6.07, 6.45) is 5.60. The van der Waals surface area contributed by atoms with Crippen molar-refractivity contribution in [1.29, 1.82) is 0 Å². The molecule has 0 bridgehead atoms. The highest BCUT2D eigenvalue weighted by molar-refractivity contribution is 9.10. The van der Waals surface area contributed by atoms with E-state index in [1.807, 2.05) is 16.8 Å². The van der Waals surface area contributed by atoms with E-state index >= 15 is 0 Å². The molecule has 0 spiro atoms. The fourth-order valence-electron chi connectivity index (χ4n) is 1.88. The molecule has 2 aromatic heterocycles. The van der Waals surface area contributed by atoms with Crippen molar-refractivity contribution in [2.45, 2.75) is 19.9 Å². The molecule has 0 N–H and O–H groups in total. The van der Waals surface area contributed by atoms with Crippen LogP contribution in [0.15, 0.2) is 23.2 Å². The normalized spacial score (nSPS) is 11.4. The quantitative estimate of drug-likeness (QED) is 0.850. The number of rotatable bonds is 5. The fraction of sp³-hybridized carbons (Fsp3) is 0.500. The molecule has 2 rings (SSSR count). The van der Waals surface area contributed by atoms with Crippen LogP contribution in [0.25, 0.3) is 5.65 Å². The molecule has 0 aliphatic rings. The summed E-state index contributed by atoms with van der Waals surface area (Å²) in [6, 6.07) is 0.336. The van der Waals surface area contributed by atoms with Gasteiger partial charge in [0.05, 0.1) is 6.61 Å². The molecule has 0 fully saturated rings. The van der Waals surface area contributed by atoms with E-state index in [2.05, 4.69) is 44.6 Å². The molecule has 0 aliphatic carbocycles. The van der Waals surface area contributed by atoms with Crippen molar-refractivity contribution in [3.05, 3.63) is 23.2 Å². The summed E-state index contributed by atoms with van der Waals surface area (Å²) in [4.78, 5) is 11.1. The van der Waals surface area contributed by atoms with Gasteiger partial charge in [-0.25, -0.2) is 9.97 Å². The number of ether oxygens (including phenoxy) is 1. The van der Waals surface area contributed by atoms with Crippen LogP contribution < -0.4 is 4.90 Å². The zero-order chi connectivity index (χ0) is 13.1. The highest BCUT2D eigenvalue weighted by Crippen LogP contribution is 2.22. The minimum absolute atomic E-state index is 0.336. The minimum Gasteiger partial charge on any atom is -0.383 e. The molecule has 2 heterocycles. The third kappa shape index (κ3) is 2.64. The number of halogens is 1. The zero-order valence-electron chi connectivity index (χ0n) is 10.8. The molecule has 5 nitrogen and oxygen atoms in total. The Morgan fingerprint density at radius 1 is 1.50 bits per heavy atom. The van der Waals surface area contributed by atoms with Crippen molar-refractivity contribution in [3.8, 4) is 0 Å². The molecule has 6 heteroatoms. The van der Waals surface area contributed by atoms with Crippen molar-refractivity contribution in [2.24, 2.45) is 0 Å². The minimum atomic E-state index is 0.336. The largest absolute Gasteiger partial charge is 0.383 e. The van der Waals surface area contributed by atoms with E-state index in [0.717, 1.165) is 22.6 Å². The zero-order valence-corrected chi connectivity index (χ0v) is 12.4. The molecule has 0 amide bonds. The summed E-state index contributed by atoms with van der Waals surface area (Å²) in [6.45, 7) is 5.73. The highest BCUT2D eigenvalue weighted by Gasteiger charge is 2.17. The van der Waals surface area contributed by atoms with Gasteiger partial charge in [-0.05, 0) is 29.8 Å². The fourth-order valence-corrected chi connectivity index (χ4v) is 2.26. The Bertz CT molecular complexity index is 526. The first-order valence-electron chi connectivity index (χ1n) is 5.88. The molecule has 0 aromatic carbocycles. The second kappa shape index (κ2) is 5.67. The van der Waals surface area contributed by atoms with Crippen molar-refractivity contribution in [3.63, 3.8) is 0 Å². The third-order valence-corrected chi connectivity index (χ3v) is 3.14. The van der Waals surface area contributed by atoms with E-state index in [-0.39, 0.29) is 0 Å². The second-order valence-corrected chi connectivity index (χ2v) is 5.14. The Morgan fingerprint density at radius 2 is 2.28 bits per heavy atom. The van der Waals surface area contributed by atoms with Crippen molar-refractivity contribution in [1.82, 2.24) is 14.4 Å². The molecule has 0 saturated carbocycles. The number of methoxy groups -OCH3 is 1. The summed E-state index contributed by atoms with van der Waals surface area (Å²) in [5, 5.41) is 0. The van der Waals surface area contributed by atoms with Gasteiger partial charge in [-0.3, -0.25) is 0 Å². The van der Waals surface area contributed by atoms with E-state index in [1.165, 1.54) is 0 Å². The van der Waals surface area contributed by atoms with Crippen LogP contribution in [0, 0.1) is 0 Å². The Kier molecular flexibility index (Phi) is 4.19. The average Bonchev–Trinajstić information content (AvgIpc) is 2.76. The number of anilines is 1. The molecule has 0 radical (unpaired) electrons. The molecular formula is C12H17BrN4O. The standard InChI is InChI=1S/C12H17BrN4O/c1-9(2)17(6-7-18-3)12-11-14-4-5-16(11)8-10(13)15-12/h4-5,8-9H,6-7H2,1-3H3. The van der Waals surface area contributed by atoms with Crippen LogP contribution in [-0.2, 0) is 4.74 Å². The van der Waals surface area contributed by atoms with Gasteiger partial charge in [0.15, 0.2) is 11.5 Å². The van der Waals surface area contributed by atoms with E-state index in [0.29, 0.717) is 12.6 Å². The maximum atomic E-state index is 5.16. The molecule has 18 heavy (non-hydrogen) atoms. The molecular weight excluding hydrogens is 296 g/mol. The van der Waals surface area contributed by atoms with Gasteiger partial charge in [0.1, 0.15) is 4.60 Å². The first-order valence-corrected chi connectivity index (χ1v) is 6.67. The summed E-state index contributed by atoms with van der Waals surface area (Å²) in [5.41, 5.74) is 0.864. The van der Waals surface area contributed by atoms with E-state index < -0.39 is 0 Å². The van der Waals surface area contributed by atoms with Gasteiger partial charge in [0.25, 0.3) is 0 Å². The van der Waals surface area contributed by atoms with Gasteiger partial charge in [-0.15, -0.1) is 0 Å². The number of aromatic nitrogens is 3. The summed E-state index contributed by atoms with van der Waals surface area (Å²) in [7, 11) is 1.71. The predicted octanol–water partition coefficient (Wildman–Crippen LogP) is 2.35. The lowest BCUT2D eigenvalue weighted by Gasteiger charge is -2.27. The van der Waals surface area contributed by atoms with Gasteiger partial charge in [-0.1, -0.05) is 0 Å². The lowest BCUT2D eigenvalue weighted by molar-refractivity contribution is 0.203. The van der Waals surface area contributed by atoms with Crippen LogP contribution in [0.1, 0.15) is 13.8 Å². The number of fused-ring (bicyclic) bond motifs is 1. The molecule has 2 aromatic rings. The summed E-state index contributed by atoms with van der Waals surface area (Å²) >= 11 is 3.44. The number of hydrogen-bond acceptors (Lipinski definition) is 4. The maximum Gasteiger partial charge on any atom is 0.180 e. The monoisotopic (exact) mass is 312 g/mol. The number of nitrogens with zero attached hydrogens (tertiary/aromatic N) is 4. The van der Waals surface area contributed by atoms with Gasteiger partial charge >= 0.3 is 0 Å². The van der Waals surface area contributed by atoms with Gasteiger partial charge < -0.3 is 14.0 Å². The second-order valence-electron chi connectivity index (χ2n) is 4.33. The van der Waals surface area contributed by atoms with E-state index in [9.17, 15) is 0 Å². The lowest BCUT2D eigenvalue weighted by Crippen LogP contribution is -2.35. The Hall–Kier alpha value is -1.14. The maximum absolute atomic E-state index is 5.16. The molecule has 0 aliphatic heterocycles. The van der Waals surface area contributed by atoms with E-state index in [1.54, 1.807) is 13.3 Å². The summed E-state index contributed by atoms with van der Waals surface area (Å²) < 4.78 is 7.92. The summed E-state index contributed by atoms with van der Waals surface area (Å²) in [5.74, 6) is 0.876. The third-order valence-electron chi connectivity index (χ3n) is 2.76. The predicted molar refractivity (Wildman–Crippen MR) is 75.0 cm³/mol. The van der Waals surface area contributed by atoms with Crippen LogP contribution >= 0.6 is 15.9 Å². The Morgan fingerprint density at radius 3 is 2.94 bits per heavy atom. The molecule has 0 atom stereocenters. The number of hydrogen-bond donors (Lipinski definition) is 0. The molecule has 98 valence electrons. The van der Waals surface area contributed by atoms with Crippen molar-refractivity contribution >= 4 is 27.4 Å². The first-order chi connectivity index (χ1) is 8.63.